The highest BCUT2D eigenvalue weighted by molar-refractivity contribution is 5.74. The van der Waals surface area contributed by atoms with Gasteiger partial charge in [0.15, 0.2) is 5.82 Å². The van der Waals surface area contributed by atoms with E-state index in [1.807, 2.05) is 25.3 Å². The molecule has 1 aliphatic heterocycles. The molecule has 2 aromatic carbocycles. The quantitative estimate of drug-likeness (QED) is 0.473. The summed E-state index contributed by atoms with van der Waals surface area (Å²) in [5, 5.41) is 4.83. The number of hydrogen-bond acceptors (Lipinski definition) is 4. The Hall–Kier alpha value is -3.47. The van der Waals surface area contributed by atoms with Gasteiger partial charge in [0.1, 0.15) is 11.6 Å². The van der Waals surface area contributed by atoms with Crippen molar-refractivity contribution in [2.45, 2.75) is 32.2 Å². The first kappa shape index (κ1) is 18.6. The minimum Gasteiger partial charge on any atom is -0.496 e. The highest BCUT2D eigenvalue weighted by Gasteiger charge is 2.26. The number of ether oxygens (including phenoxy) is 1. The van der Waals surface area contributed by atoms with Crippen LogP contribution >= 0.6 is 0 Å². The zero-order valence-electron chi connectivity index (χ0n) is 17.2. The smallest absolute Gasteiger partial charge is 0.181 e. The molecule has 0 saturated heterocycles. The van der Waals surface area contributed by atoms with Crippen molar-refractivity contribution in [3.05, 3.63) is 83.9 Å². The number of nitrogens with zero attached hydrogens (tertiary/aromatic N) is 4. The number of fused-ring (bicyclic) bond motifs is 1. The largest absolute Gasteiger partial charge is 0.496 e. The number of hydrogen-bond donors (Lipinski definition) is 0. The van der Waals surface area contributed by atoms with Gasteiger partial charge in [0.05, 0.1) is 7.11 Å². The maximum absolute atomic E-state index is 5.71. The van der Waals surface area contributed by atoms with Crippen LogP contribution in [0.1, 0.15) is 35.8 Å². The molecular formula is C25H24N4O. The molecule has 5 rings (SSSR count). The molecule has 2 aromatic heterocycles. The van der Waals surface area contributed by atoms with Crippen molar-refractivity contribution in [3.63, 3.8) is 0 Å². The molecule has 0 radical (unpaired) electrons. The zero-order valence-corrected chi connectivity index (χ0v) is 17.2. The van der Waals surface area contributed by atoms with Gasteiger partial charge in [-0.2, -0.15) is 5.10 Å². The standard InChI is InChI=1S/C25H24N4O/c1-17-15-19(12-13-26-17)21-11-10-20(16-23(21)30-2)24-27-25-22(9-6-14-29(25)28-24)18-7-4-3-5-8-18/h3-5,7-8,10-13,15-16,22H,6,9,14H2,1-2H3. The van der Waals surface area contributed by atoms with Crippen molar-refractivity contribution in [2.24, 2.45) is 0 Å². The normalized spacial score (nSPS) is 15.6. The van der Waals surface area contributed by atoms with Gasteiger partial charge in [0, 0.05) is 35.5 Å². The van der Waals surface area contributed by atoms with E-state index >= 15 is 0 Å². The number of benzene rings is 2. The predicted octanol–water partition coefficient (Wildman–Crippen LogP) is 5.25. The second-order valence-electron chi connectivity index (χ2n) is 7.72. The Balaban J connectivity index is 1.53. The van der Waals surface area contributed by atoms with E-state index in [0.717, 1.165) is 59.2 Å². The molecule has 1 aliphatic rings. The SMILES string of the molecule is COc1cc(-c2nc3n(n2)CCCC3c2ccccc2)ccc1-c1ccnc(C)c1. The second-order valence-corrected chi connectivity index (χ2v) is 7.72. The predicted molar refractivity (Wildman–Crippen MR) is 117 cm³/mol. The van der Waals surface area contributed by atoms with Gasteiger partial charge >= 0.3 is 0 Å². The Morgan fingerprint density at radius 2 is 1.87 bits per heavy atom. The number of aromatic nitrogens is 4. The van der Waals surface area contributed by atoms with Crippen molar-refractivity contribution in [3.8, 4) is 28.3 Å². The highest BCUT2D eigenvalue weighted by Crippen LogP contribution is 2.36. The van der Waals surface area contributed by atoms with Crippen LogP contribution in [-0.2, 0) is 6.54 Å². The molecule has 5 nitrogen and oxygen atoms in total. The lowest BCUT2D eigenvalue weighted by Crippen LogP contribution is -2.17. The van der Waals surface area contributed by atoms with Crippen LogP contribution in [0.4, 0.5) is 0 Å². The Bertz CT molecular complexity index is 1180. The highest BCUT2D eigenvalue weighted by atomic mass is 16.5. The Labute approximate surface area is 176 Å². The average molecular weight is 396 g/mol. The van der Waals surface area contributed by atoms with E-state index in [1.54, 1.807) is 7.11 Å². The van der Waals surface area contributed by atoms with Gasteiger partial charge < -0.3 is 4.74 Å². The van der Waals surface area contributed by atoms with Crippen LogP contribution in [0.2, 0.25) is 0 Å². The van der Waals surface area contributed by atoms with Gasteiger partial charge in [-0.3, -0.25) is 4.98 Å². The first-order valence-electron chi connectivity index (χ1n) is 10.3. The van der Waals surface area contributed by atoms with Crippen molar-refractivity contribution in [2.75, 3.05) is 7.11 Å². The van der Waals surface area contributed by atoms with Gasteiger partial charge in [-0.15, -0.1) is 0 Å². The molecule has 4 aromatic rings. The monoisotopic (exact) mass is 396 g/mol. The summed E-state index contributed by atoms with van der Waals surface area (Å²) in [7, 11) is 1.70. The minimum atomic E-state index is 0.294. The fourth-order valence-electron chi connectivity index (χ4n) is 4.26. The minimum absolute atomic E-state index is 0.294. The molecule has 0 aliphatic carbocycles. The third-order valence-electron chi connectivity index (χ3n) is 5.74. The molecule has 0 bridgehead atoms. The lowest BCUT2D eigenvalue weighted by molar-refractivity contribution is 0.416. The number of pyridine rings is 1. The van der Waals surface area contributed by atoms with Crippen LogP contribution < -0.4 is 4.74 Å². The summed E-state index contributed by atoms with van der Waals surface area (Å²) in [6.07, 6.45) is 4.04. The van der Waals surface area contributed by atoms with Gasteiger partial charge in [0.25, 0.3) is 0 Å². The fourth-order valence-corrected chi connectivity index (χ4v) is 4.26. The Kier molecular flexibility index (Phi) is 4.79. The van der Waals surface area contributed by atoms with Gasteiger partial charge in [-0.05, 0) is 55.2 Å². The topological polar surface area (TPSA) is 52.8 Å². The van der Waals surface area contributed by atoms with E-state index in [0.29, 0.717) is 5.92 Å². The van der Waals surface area contributed by atoms with Crippen LogP contribution in [0, 0.1) is 6.92 Å². The number of rotatable bonds is 4. The summed E-state index contributed by atoms with van der Waals surface area (Å²) in [5.41, 5.74) is 5.38. The maximum Gasteiger partial charge on any atom is 0.181 e. The molecule has 3 heterocycles. The van der Waals surface area contributed by atoms with Gasteiger partial charge in [-0.25, -0.2) is 9.67 Å². The van der Waals surface area contributed by atoms with E-state index in [2.05, 4.69) is 58.2 Å². The number of aryl methyl sites for hydroxylation is 2. The molecule has 0 fully saturated rings. The molecule has 5 heteroatoms. The van der Waals surface area contributed by atoms with E-state index in [-0.39, 0.29) is 0 Å². The summed E-state index contributed by atoms with van der Waals surface area (Å²) in [6.45, 7) is 2.91. The first-order chi connectivity index (χ1) is 14.7. The van der Waals surface area contributed by atoms with Gasteiger partial charge in [0.2, 0.25) is 0 Å². The summed E-state index contributed by atoms with van der Waals surface area (Å²) < 4.78 is 7.78. The van der Waals surface area contributed by atoms with Gasteiger partial charge in [-0.1, -0.05) is 36.4 Å². The molecule has 0 amide bonds. The van der Waals surface area contributed by atoms with Crippen molar-refractivity contribution >= 4 is 0 Å². The fraction of sp³-hybridized carbons (Fsp3) is 0.240. The molecule has 0 spiro atoms. The third-order valence-corrected chi connectivity index (χ3v) is 5.74. The van der Waals surface area contributed by atoms with Crippen LogP contribution in [0.25, 0.3) is 22.5 Å². The lowest BCUT2D eigenvalue weighted by Gasteiger charge is -2.22. The second kappa shape index (κ2) is 7.75. The molecule has 0 N–H and O–H groups in total. The van der Waals surface area contributed by atoms with Crippen LogP contribution in [-0.4, -0.2) is 26.9 Å². The van der Waals surface area contributed by atoms with Crippen LogP contribution in [0.5, 0.6) is 5.75 Å². The van der Waals surface area contributed by atoms with Crippen molar-refractivity contribution in [1.82, 2.24) is 19.7 Å². The van der Waals surface area contributed by atoms with E-state index in [9.17, 15) is 0 Å². The Morgan fingerprint density at radius 1 is 1.00 bits per heavy atom. The van der Waals surface area contributed by atoms with Crippen LogP contribution in [0.15, 0.2) is 66.9 Å². The van der Waals surface area contributed by atoms with Crippen molar-refractivity contribution in [1.29, 1.82) is 0 Å². The van der Waals surface area contributed by atoms with E-state index < -0.39 is 0 Å². The molecular weight excluding hydrogens is 372 g/mol. The summed E-state index contributed by atoms with van der Waals surface area (Å²) in [4.78, 5) is 9.25. The van der Waals surface area contributed by atoms with E-state index in [4.69, 9.17) is 14.8 Å². The van der Waals surface area contributed by atoms with Crippen molar-refractivity contribution < 1.29 is 4.74 Å². The average Bonchev–Trinajstić information content (AvgIpc) is 3.24. The van der Waals surface area contributed by atoms with E-state index in [1.165, 1.54) is 5.56 Å². The Morgan fingerprint density at radius 3 is 2.67 bits per heavy atom. The molecule has 150 valence electrons. The summed E-state index contributed by atoms with van der Waals surface area (Å²) in [5.74, 6) is 2.91. The first-order valence-corrected chi connectivity index (χ1v) is 10.3. The molecule has 1 unspecified atom stereocenters. The summed E-state index contributed by atoms with van der Waals surface area (Å²) >= 11 is 0. The third kappa shape index (κ3) is 3.36. The molecule has 0 saturated carbocycles. The van der Waals surface area contributed by atoms with Crippen LogP contribution in [0.3, 0.4) is 0 Å². The maximum atomic E-state index is 5.71. The number of methoxy groups -OCH3 is 1. The lowest BCUT2D eigenvalue weighted by atomic mass is 9.91. The zero-order chi connectivity index (χ0) is 20.5. The summed E-state index contributed by atoms with van der Waals surface area (Å²) in [6, 6.07) is 20.9. The molecule has 1 atom stereocenters. The molecule has 30 heavy (non-hydrogen) atoms.